The molecule has 1 N–H and O–H groups in total. The van der Waals surface area contributed by atoms with Gasteiger partial charge in [0, 0.05) is 29.9 Å². The zero-order valence-electron chi connectivity index (χ0n) is 22.2. The Balaban J connectivity index is 1.39. The highest BCUT2D eigenvalue weighted by Crippen LogP contribution is 2.48. The predicted molar refractivity (Wildman–Crippen MR) is 148 cm³/mol. The fourth-order valence-corrected chi connectivity index (χ4v) is 6.20. The number of methoxy groups -OCH3 is 1. The maximum atomic E-state index is 14.2. The summed E-state index contributed by atoms with van der Waals surface area (Å²) in [6.07, 6.45) is 1.65. The number of H-pyrrole nitrogens is 1. The molecule has 4 aromatic rings. The average molecular weight is 508 g/mol. The van der Waals surface area contributed by atoms with Crippen molar-refractivity contribution in [2.45, 2.75) is 38.1 Å². The summed E-state index contributed by atoms with van der Waals surface area (Å²) in [7, 11) is 1.65. The predicted octanol–water partition coefficient (Wildman–Crippen LogP) is 5.01. The van der Waals surface area contributed by atoms with Crippen LogP contribution in [0.2, 0.25) is 0 Å². The molecule has 0 radical (unpaired) electrons. The molecule has 0 saturated carbocycles. The van der Waals surface area contributed by atoms with Crippen LogP contribution in [0, 0.1) is 0 Å². The lowest BCUT2D eigenvalue weighted by atomic mass is 9.76. The maximum absolute atomic E-state index is 14.2. The molecule has 3 heterocycles. The molecular weight excluding hydrogens is 474 g/mol. The first-order valence-corrected chi connectivity index (χ1v) is 13.4. The van der Waals surface area contributed by atoms with Crippen LogP contribution in [0.3, 0.4) is 0 Å². The second-order valence-corrected chi connectivity index (χ2v) is 10.5. The first-order chi connectivity index (χ1) is 18.4. The van der Waals surface area contributed by atoms with Crippen molar-refractivity contribution in [1.82, 2.24) is 14.8 Å². The number of hydrogen-bond donors (Lipinski definition) is 1. The van der Waals surface area contributed by atoms with Gasteiger partial charge in [-0.25, -0.2) is 0 Å². The fraction of sp³-hybridized carbons (Fsp3) is 0.312. The number of benzene rings is 3. The largest absolute Gasteiger partial charge is 0.497 e. The minimum atomic E-state index is -1.08. The first kappa shape index (κ1) is 24.3. The third-order valence-corrected chi connectivity index (χ3v) is 8.44. The zero-order chi connectivity index (χ0) is 26.4. The van der Waals surface area contributed by atoms with Crippen LogP contribution in [0.15, 0.2) is 72.8 Å². The lowest BCUT2D eigenvalue weighted by Gasteiger charge is -2.51. The molecule has 2 aliphatic heterocycles. The quantitative estimate of drug-likeness (QED) is 0.399. The molecule has 1 fully saturated rings. The van der Waals surface area contributed by atoms with Gasteiger partial charge in [-0.1, -0.05) is 61.5 Å². The van der Waals surface area contributed by atoms with E-state index in [1.165, 1.54) is 5.56 Å². The van der Waals surface area contributed by atoms with Crippen LogP contribution >= 0.6 is 0 Å². The lowest BCUT2D eigenvalue weighted by molar-refractivity contribution is -0.166. The van der Waals surface area contributed by atoms with Crippen LogP contribution in [0.4, 0.5) is 0 Å². The highest BCUT2D eigenvalue weighted by atomic mass is 16.5. The Hall–Kier alpha value is -4.06. The van der Waals surface area contributed by atoms with Crippen molar-refractivity contribution in [3.63, 3.8) is 0 Å². The van der Waals surface area contributed by atoms with Gasteiger partial charge in [0.15, 0.2) is 5.54 Å². The number of aromatic nitrogens is 1. The summed E-state index contributed by atoms with van der Waals surface area (Å²) >= 11 is 0. The molecule has 1 saturated heterocycles. The highest BCUT2D eigenvalue weighted by molar-refractivity contribution is 6.01. The number of piperazine rings is 1. The molecule has 38 heavy (non-hydrogen) atoms. The van der Waals surface area contributed by atoms with Crippen LogP contribution in [0.5, 0.6) is 5.75 Å². The number of ether oxygens (including phenoxy) is 1. The van der Waals surface area contributed by atoms with E-state index in [0.29, 0.717) is 19.5 Å². The number of amides is 2. The van der Waals surface area contributed by atoms with E-state index in [-0.39, 0.29) is 24.3 Å². The standard InChI is InChI=1S/C32H33N3O3/c1-4-21-9-13-23(14-10-21)26-19-35-28(36)20-34(18-17-22-11-15-24(38-3)16-12-22)31(37)32(35,2)30-29(26)25-7-5-6-8-27(25)33-30/h5-16,26,33H,4,17-20H2,1-3H3/t26-,32-/m0/s1. The number of nitrogens with one attached hydrogen (secondary N) is 1. The SMILES string of the molecule is CCc1ccc([C@@H]2CN3C(=O)CN(CCc4ccc(OC)cc4)C(=O)[C@]3(C)c3[nH]c4ccccc4c32)cc1. The van der Waals surface area contributed by atoms with Crippen LogP contribution in [0.25, 0.3) is 10.9 Å². The number of hydrogen-bond acceptors (Lipinski definition) is 3. The van der Waals surface area contributed by atoms with Crippen LogP contribution in [0.1, 0.15) is 47.7 Å². The van der Waals surface area contributed by atoms with Crippen molar-refractivity contribution in [1.29, 1.82) is 0 Å². The summed E-state index contributed by atoms with van der Waals surface area (Å²) in [6, 6.07) is 24.8. The van der Waals surface area contributed by atoms with E-state index in [4.69, 9.17) is 4.74 Å². The minimum Gasteiger partial charge on any atom is -0.497 e. The van der Waals surface area contributed by atoms with E-state index in [0.717, 1.165) is 45.5 Å². The van der Waals surface area contributed by atoms with E-state index in [1.54, 1.807) is 12.0 Å². The summed E-state index contributed by atoms with van der Waals surface area (Å²) in [5, 5.41) is 1.11. The van der Waals surface area contributed by atoms with Gasteiger partial charge in [-0.15, -0.1) is 0 Å². The Morgan fingerprint density at radius 3 is 2.39 bits per heavy atom. The molecule has 2 amide bonds. The summed E-state index contributed by atoms with van der Waals surface area (Å²) in [5.74, 6) is 0.746. The average Bonchev–Trinajstić information content (AvgIpc) is 3.35. The van der Waals surface area contributed by atoms with Crippen molar-refractivity contribution >= 4 is 22.7 Å². The van der Waals surface area contributed by atoms with Gasteiger partial charge in [0.05, 0.1) is 19.3 Å². The second kappa shape index (κ2) is 9.35. The molecule has 0 aliphatic carbocycles. The molecule has 2 atom stereocenters. The van der Waals surface area contributed by atoms with Crippen LogP contribution in [-0.4, -0.2) is 53.3 Å². The van der Waals surface area contributed by atoms with E-state index in [1.807, 2.05) is 48.2 Å². The van der Waals surface area contributed by atoms with Gasteiger partial charge in [0.25, 0.3) is 5.91 Å². The van der Waals surface area contributed by atoms with Crippen LogP contribution < -0.4 is 4.74 Å². The third kappa shape index (κ3) is 3.78. The molecule has 194 valence electrons. The Kier molecular flexibility index (Phi) is 5.98. The van der Waals surface area contributed by atoms with Crippen molar-refractivity contribution in [2.24, 2.45) is 0 Å². The second-order valence-electron chi connectivity index (χ2n) is 10.5. The number of carbonyl (C=O) groups excluding carboxylic acids is 2. The number of carbonyl (C=O) groups is 2. The molecule has 6 nitrogen and oxygen atoms in total. The van der Waals surface area contributed by atoms with E-state index < -0.39 is 5.54 Å². The number of aryl methyl sites for hydroxylation is 1. The van der Waals surface area contributed by atoms with Crippen molar-refractivity contribution in [3.05, 3.63) is 101 Å². The van der Waals surface area contributed by atoms with Crippen molar-refractivity contribution < 1.29 is 14.3 Å². The molecule has 6 heteroatoms. The van der Waals surface area contributed by atoms with E-state index in [9.17, 15) is 9.59 Å². The minimum absolute atomic E-state index is 0.0114. The van der Waals surface area contributed by atoms with Crippen molar-refractivity contribution in [3.8, 4) is 5.75 Å². The number of fused-ring (bicyclic) bond motifs is 5. The fourth-order valence-electron chi connectivity index (χ4n) is 6.20. The van der Waals surface area contributed by atoms with Gasteiger partial charge in [-0.3, -0.25) is 9.59 Å². The smallest absolute Gasteiger partial charge is 0.254 e. The number of para-hydroxylation sites is 1. The van der Waals surface area contributed by atoms with Gasteiger partial charge in [0.2, 0.25) is 5.91 Å². The summed E-state index contributed by atoms with van der Waals surface area (Å²) < 4.78 is 5.26. The molecule has 3 aromatic carbocycles. The molecule has 0 unspecified atom stereocenters. The van der Waals surface area contributed by atoms with Gasteiger partial charge in [0.1, 0.15) is 5.75 Å². The Labute approximate surface area is 223 Å². The number of nitrogens with zero attached hydrogens (tertiary/aromatic N) is 2. The normalized spacial score (nSPS) is 21.0. The summed E-state index contributed by atoms with van der Waals surface area (Å²) in [6.45, 7) is 5.13. The Morgan fingerprint density at radius 2 is 1.68 bits per heavy atom. The molecule has 0 spiro atoms. The molecule has 2 aliphatic rings. The monoisotopic (exact) mass is 507 g/mol. The van der Waals surface area contributed by atoms with Crippen molar-refractivity contribution in [2.75, 3.05) is 26.7 Å². The lowest BCUT2D eigenvalue weighted by Crippen LogP contribution is -2.67. The van der Waals surface area contributed by atoms with E-state index in [2.05, 4.69) is 48.3 Å². The first-order valence-electron chi connectivity index (χ1n) is 13.4. The van der Waals surface area contributed by atoms with Gasteiger partial charge < -0.3 is 19.5 Å². The maximum Gasteiger partial charge on any atom is 0.254 e. The molecule has 6 rings (SSSR count). The van der Waals surface area contributed by atoms with Gasteiger partial charge in [-0.05, 0) is 60.2 Å². The molecule has 1 aromatic heterocycles. The topological polar surface area (TPSA) is 65.6 Å². The Bertz CT molecular complexity index is 1510. The zero-order valence-corrected chi connectivity index (χ0v) is 22.2. The number of aromatic amines is 1. The van der Waals surface area contributed by atoms with E-state index >= 15 is 0 Å². The Morgan fingerprint density at radius 1 is 0.974 bits per heavy atom. The van der Waals surface area contributed by atoms with Gasteiger partial charge >= 0.3 is 0 Å². The molecular formula is C32H33N3O3. The van der Waals surface area contributed by atoms with Crippen LogP contribution in [-0.2, 0) is 28.0 Å². The highest BCUT2D eigenvalue weighted by Gasteiger charge is 2.56. The third-order valence-electron chi connectivity index (χ3n) is 8.44. The molecule has 0 bridgehead atoms. The summed E-state index contributed by atoms with van der Waals surface area (Å²) in [5.41, 5.74) is 5.42. The van der Waals surface area contributed by atoms with Gasteiger partial charge in [-0.2, -0.15) is 0 Å². The number of rotatable bonds is 6. The summed E-state index contributed by atoms with van der Waals surface area (Å²) in [4.78, 5) is 35.0.